The SMILES string of the molecule is CN1CCN(C(=O)[C@@H](COCC(C)(C)C)NC(=O)c2cccnc2Oc2ccc(C(F)(F)F)cc2Cl)CC1. The number of alkyl halides is 3. The first-order chi connectivity index (χ1) is 17.7. The van der Waals surface area contributed by atoms with Crippen molar-refractivity contribution in [2.75, 3.05) is 46.4 Å². The minimum atomic E-state index is -4.57. The summed E-state index contributed by atoms with van der Waals surface area (Å²) in [5, 5.41) is 2.43. The van der Waals surface area contributed by atoms with Gasteiger partial charge in [0.15, 0.2) is 0 Å². The van der Waals surface area contributed by atoms with Gasteiger partial charge in [0.25, 0.3) is 5.91 Å². The van der Waals surface area contributed by atoms with Crippen molar-refractivity contribution >= 4 is 23.4 Å². The van der Waals surface area contributed by atoms with Gasteiger partial charge < -0.3 is 24.6 Å². The summed E-state index contributed by atoms with van der Waals surface area (Å²) in [6, 6.07) is 4.59. The van der Waals surface area contributed by atoms with Crippen LogP contribution in [0.2, 0.25) is 5.02 Å². The summed E-state index contributed by atoms with van der Waals surface area (Å²) in [4.78, 5) is 34.5. The van der Waals surface area contributed by atoms with Gasteiger partial charge in [0, 0.05) is 32.4 Å². The van der Waals surface area contributed by atoms with Gasteiger partial charge in [0.2, 0.25) is 11.8 Å². The highest BCUT2D eigenvalue weighted by Crippen LogP contribution is 2.36. The van der Waals surface area contributed by atoms with Gasteiger partial charge in [-0.15, -0.1) is 0 Å². The molecule has 1 aromatic heterocycles. The third-order valence-electron chi connectivity index (χ3n) is 5.72. The Kier molecular flexibility index (Phi) is 9.61. The van der Waals surface area contributed by atoms with Crippen LogP contribution in [0, 0.1) is 5.41 Å². The van der Waals surface area contributed by atoms with Crippen LogP contribution in [0.1, 0.15) is 36.7 Å². The second-order valence-corrected chi connectivity index (χ2v) is 10.7. The van der Waals surface area contributed by atoms with E-state index in [-0.39, 0.29) is 40.1 Å². The van der Waals surface area contributed by atoms with E-state index in [4.69, 9.17) is 21.1 Å². The van der Waals surface area contributed by atoms with Crippen LogP contribution in [0.4, 0.5) is 13.2 Å². The van der Waals surface area contributed by atoms with Crippen molar-refractivity contribution in [2.45, 2.75) is 33.0 Å². The maximum Gasteiger partial charge on any atom is 0.416 e. The maximum atomic E-state index is 13.3. The van der Waals surface area contributed by atoms with E-state index in [1.54, 1.807) is 4.90 Å². The van der Waals surface area contributed by atoms with E-state index in [1.165, 1.54) is 18.3 Å². The van der Waals surface area contributed by atoms with Crippen molar-refractivity contribution in [1.29, 1.82) is 0 Å². The van der Waals surface area contributed by atoms with Crippen LogP contribution in [0.25, 0.3) is 0 Å². The topological polar surface area (TPSA) is 84.0 Å². The lowest BCUT2D eigenvalue weighted by Crippen LogP contribution is -2.55. The molecule has 3 rings (SSSR count). The number of benzene rings is 1. The summed E-state index contributed by atoms with van der Waals surface area (Å²) < 4.78 is 50.3. The van der Waals surface area contributed by atoms with E-state index < -0.39 is 23.7 Å². The average molecular weight is 557 g/mol. The fraction of sp³-hybridized carbons (Fsp3) is 0.500. The Balaban J connectivity index is 1.79. The molecule has 0 radical (unpaired) electrons. The summed E-state index contributed by atoms with van der Waals surface area (Å²) >= 11 is 6.01. The lowest BCUT2D eigenvalue weighted by atomic mass is 9.99. The van der Waals surface area contributed by atoms with Crippen LogP contribution in [-0.2, 0) is 15.7 Å². The fourth-order valence-corrected chi connectivity index (χ4v) is 3.87. The highest BCUT2D eigenvalue weighted by molar-refractivity contribution is 6.32. The van der Waals surface area contributed by atoms with E-state index in [0.717, 1.165) is 18.2 Å². The zero-order chi connectivity index (χ0) is 28.1. The first-order valence-electron chi connectivity index (χ1n) is 12.1. The molecule has 2 heterocycles. The Bertz CT molecular complexity index is 1130. The van der Waals surface area contributed by atoms with Crippen molar-refractivity contribution in [3.05, 3.63) is 52.7 Å². The molecule has 1 N–H and O–H groups in total. The molecule has 38 heavy (non-hydrogen) atoms. The molecule has 1 saturated heterocycles. The van der Waals surface area contributed by atoms with Crippen molar-refractivity contribution in [2.24, 2.45) is 5.41 Å². The van der Waals surface area contributed by atoms with Crippen LogP contribution in [0.5, 0.6) is 11.6 Å². The molecule has 2 amide bonds. The number of halogens is 4. The number of carbonyl (C=O) groups excluding carboxylic acids is 2. The second-order valence-electron chi connectivity index (χ2n) is 10.3. The molecule has 1 aromatic carbocycles. The van der Waals surface area contributed by atoms with E-state index >= 15 is 0 Å². The third-order valence-corrected chi connectivity index (χ3v) is 6.01. The first kappa shape index (κ1) is 29.7. The monoisotopic (exact) mass is 556 g/mol. The minimum absolute atomic E-state index is 0.0181. The van der Waals surface area contributed by atoms with Gasteiger partial charge in [0.1, 0.15) is 17.4 Å². The van der Waals surface area contributed by atoms with Gasteiger partial charge in [-0.05, 0) is 42.8 Å². The summed E-state index contributed by atoms with van der Waals surface area (Å²) in [7, 11) is 1.97. The van der Waals surface area contributed by atoms with Crippen LogP contribution < -0.4 is 10.1 Å². The average Bonchev–Trinajstić information content (AvgIpc) is 2.83. The predicted molar refractivity (Wildman–Crippen MR) is 136 cm³/mol. The number of carbonyl (C=O) groups is 2. The number of rotatable bonds is 8. The van der Waals surface area contributed by atoms with Gasteiger partial charge in [0.05, 0.1) is 23.8 Å². The summed E-state index contributed by atoms with van der Waals surface area (Å²) in [5.74, 6) is -1.19. The first-order valence-corrected chi connectivity index (χ1v) is 12.5. The molecule has 0 aliphatic carbocycles. The molecule has 0 spiro atoms. The van der Waals surface area contributed by atoms with Gasteiger partial charge in [-0.1, -0.05) is 32.4 Å². The lowest BCUT2D eigenvalue weighted by Gasteiger charge is -2.35. The highest BCUT2D eigenvalue weighted by Gasteiger charge is 2.32. The molecule has 208 valence electrons. The number of aromatic nitrogens is 1. The number of nitrogens with zero attached hydrogens (tertiary/aromatic N) is 3. The van der Waals surface area contributed by atoms with Gasteiger partial charge in [-0.3, -0.25) is 9.59 Å². The zero-order valence-corrected chi connectivity index (χ0v) is 22.5. The largest absolute Gasteiger partial charge is 0.437 e. The molecular formula is C26H32ClF3N4O4. The number of likely N-dealkylation sites (N-methyl/N-ethyl adjacent to an activating group) is 1. The van der Waals surface area contributed by atoms with E-state index in [9.17, 15) is 22.8 Å². The summed E-state index contributed by atoms with van der Waals surface area (Å²) in [5.41, 5.74) is -1.10. The molecule has 1 aliphatic heterocycles. The normalized spacial score (nSPS) is 15.7. The van der Waals surface area contributed by atoms with E-state index in [2.05, 4.69) is 15.2 Å². The quantitative estimate of drug-likeness (QED) is 0.516. The minimum Gasteiger partial charge on any atom is -0.437 e. The Morgan fingerprint density at radius 2 is 1.82 bits per heavy atom. The molecule has 0 saturated carbocycles. The van der Waals surface area contributed by atoms with Gasteiger partial charge >= 0.3 is 6.18 Å². The highest BCUT2D eigenvalue weighted by atomic mass is 35.5. The number of pyridine rings is 1. The molecule has 0 bridgehead atoms. The number of hydrogen-bond donors (Lipinski definition) is 1. The predicted octanol–water partition coefficient (Wildman–Crippen LogP) is 4.48. The maximum absolute atomic E-state index is 13.3. The van der Waals surface area contributed by atoms with Crippen LogP contribution in [0.15, 0.2) is 36.5 Å². The molecule has 12 heteroatoms. The molecule has 8 nitrogen and oxygen atoms in total. The second kappa shape index (κ2) is 12.3. The Morgan fingerprint density at radius 3 is 2.42 bits per heavy atom. The van der Waals surface area contributed by atoms with E-state index in [0.29, 0.717) is 32.8 Å². The number of ether oxygens (including phenoxy) is 2. The van der Waals surface area contributed by atoms with Crippen molar-refractivity contribution in [3.63, 3.8) is 0 Å². The molecule has 2 aromatic rings. The molecule has 0 unspecified atom stereocenters. The van der Waals surface area contributed by atoms with E-state index in [1.807, 2.05) is 27.8 Å². The molecule has 1 atom stereocenters. The van der Waals surface area contributed by atoms with Gasteiger partial charge in [-0.25, -0.2) is 4.98 Å². The molecule has 1 aliphatic rings. The summed E-state index contributed by atoms with van der Waals surface area (Å²) in [6.07, 6.45) is -3.21. The molecule has 1 fully saturated rings. The van der Waals surface area contributed by atoms with Crippen LogP contribution in [0.3, 0.4) is 0 Å². The molecular weight excluding hydrogens is 525 g/mol. The Labute approximate surface area is 225 Å². The lowest BCUT2D eigenvalue weighted by molar-refractivity contribution is -0.138. The number of nitrogens with one attached hydrogen (secondary N) is 1. The zero-order valence-electron chi connectivity index (χ0n) is 21.8. The third kappa shape index (κ3) is 8.31. The number of amides is 2. The van der Waals surface area contributed by atoms with Crippen LogP contribution >= 0.6 is 11.6 Å². The van der Waals surface area contributed by atoms with Crippen molar-refractivity contribution in [1.82, 2.24) is 20.1 Å². The van der Waals surface area contributed by atoms with Crippen molar-refractivity contribution < 1.29 is 32.2 Å². The Hall–Kier alpha value is -2.89. The smallest absolute Gasteiger partial charge is 0.416 e. The van der Waals surface area contributed by atoms with Gasteiger partial charge in [-0.2, -0.15) is 13.2 Å². The standard InChI is InChI=1S/C26H32ClF3N4O4/c1-25(2,3)16-37-15-20(24(36)34-12-10-33(4)11-13-34)32-22(35)18-6-5-9-31-23(18)38-21-8-7-17(14-19(21)27)26(28,29)30/h5-9,14,20H,10-13,15-16H2,1-4H3,(H,32,35)/t20-/m1/s1. The fourth-order valence-electron chi connectivity index (χ4n) is 3.65. The number of piperazine rings is 1. The number of hydrogen-bond acceptors (Lipinski definition) is 6. The van der Waals surface area contributed by atoms with Crippen LogP contribution in [-0.4, -0.2) is 79.1 Å². The summed E-state index contributed by atoms with van der Waals surface area (Å²) in [6.45, 7) is 8.80. The van der Waals surface area contributed by atoms with Crippen molar-refractivity contribution in [3.8, 4) is 11.6 Å². The Morgan fingerprint density at radius 1 is 1.13 bits per heavy atom.